The number of halogens is 1. The third-order valence-electron chi connectivity index (χ3n) is 4.39. The van der Waals surface area contributed by atoms with E-state index in [0.29, 0.717) is 23.7 Å². The van der Waals surface area contributed by atoms with Gasteiger partial charge in [-0.1, -0.05) is 0 Å². The smallest absolute Gasteiger partial charge is 0.265 e. The van der Waals surface area contributed by atoms with Crippen molar-refractivity contribution >= 4 is 27.3 Å². The number of benzene rings is 1. The lowest BCUT2D eigenvalue weighted by molar-refractivity contribution is 0.0702. The van der Waals surface area contributed by atoms with E-state index in [9.17, 15) is 17.6 Å². The largest absolute Gasteiger partial charge is 0.335 e. The van der Waals surface area contributed by atoms with Crippen LogP contribution in [0.3, 0.4) is 0 Å². The quantitative estimate of drug-likeness (QED) is 0.797. The molecule has 1 saturated heterocycles. The van der Waals surface area contributed by atoms with Gasteiger partial charge in [0.15, 0.2) is 0 Å². The van der Waals surface area contributed by atoms with Gasteiger partial charge in [0.2, 0.25) is 10.0 Å². The molecule has 26 heavy (non-hydrogen) atoms. The highest BCUT2D eigenvalue weighted by molar-refractivity contribution is 7.89. The lowest BCUT2D eigenvalue weighted by Crippen LogP contribution is -2.50. The Morgan fingerprint density at radius 1 is 1.15 bits per heavy atom. The highest BCUT2D eigenvalue weighted by atomic mass is 32.2. The molecule has 0 unspecified atom stereocenters. The fourth-order valence-corrected chi connectivity index (χ4v) is 5.33. The normalized spacial score (nSPS) is 16.1. The highest BCUT2D eigenvalue weighted by Gasteiger charge is 2.31. The Labute approximate surface area is 156 Å². The zero-order valence-corrected chi connectivity index (χ0v) is 16.5. The number of carbonyl (C=O) groups excluding carboxylic acids is 1. The Bertz CT molecular complexity index is 948. The molecule has 9 heteroatoms. The van der Waals surface area contributed by atoms with Crippen molar-refractivity contribution in [2.24, 2.45) is 0 Å². The van der Waals surface area contributed by atoms with Gasteiger partial charge in [0.05, 0.1) is 15.6 Å². The molecule has 1 aromatic heterocycles. The van der Waals surface area contributed by atoms with Crippen LogP contribution >= 0.6 is 11.3 Å². The van der Waals surface area contributed by atoms with E-state index in [1.807, 2.05) is 6.92 Å². The standard InChI is InChI=1S/C17H20FN3O3S2/c1-11-10-14(4-5-15(11)18)26(23,24)21-8-6-20(7-9-21)17(22)16-12(2)19-13(3)25-16/h4-5,10H,6-9H2,1-3H3. The molecule has 0 spiro atoms. The number of rotatable bonds is 3. The van der Waals surface area contributed by atoms with Gasteiger partial charge in [0.25, 0.3) is 5.91 Å². The minimum atomic E-state index is -3.70. The maximum atomic E-state index is 13.4. The van der Waals surface area contributed by atoms with E-state index in [1.54, 1.807) is 11.8 Å². The van der Waals surface area contributed by atoms with E-state index in [4.69, 9.17) is 0 Å². The summed E-state index contributed by atoms with van der Waals surface area (Å²) in [4.78, 5) is 19.2. The summed E-state index contributed by atoms with van der Waals surface area (Å²) in [6, 6.07) is 3.78. The van der Waals surface area contributed by atoms with Crippen molar-refractivity contribution in [3.05, 3.63) is 45.2 Å². The summed E-state index contributed by atoms with van der Waals surface area (Å²) in [7, 11) is -3.70. The van der Waals surface area contributed by atoms with Crippen LogP contribution in [0.1, 0.15) is 25.9 Å². The van der Waals surface area contributed by atoms with Crippen molar-refractivity contribution in [2.45, 2.75) is 25.7 Å². The second-order valence-corrected chi connectivity index (χ2v) is 9.40. The predicted molar refractivity (Wildman–Crippen MR) is 97.4 cm³/mol. The number of hydrogen-bond donors (Lipinski definition) is 0. The molecule has 6 nitrogen and oxygen atoms in total. The van der Waals surface area contributed by atoms with Gasteiger partial charge in [0.1, 0.15) is 10.7 Å². The van der Waals surface area contributed by atoms with Gasteiger partial charge in [-0.25, -0.2) is 17.8 Å². The third-order valence-corrected chi connectivity index (χ3v) is 7.35. The molecule has 2 heterocycles. The van der Waals surface area contributed by atoms with E-state index < -0.39 is 15.8 Å². The van der Waals surface area contributed by atoms with Crippen LogP contribution < -0.4 is 0 Å². The number of aromatic nitrogens is 1. The van der Waals surface area contributed by atoms with Gasteiger partial charge in [-0.15, -0.1) is 11.3 Å². The molecular formula is C17H20FN3O3S2. The van der Waals surface area contributed by atoms with Gasteiger partial charge in [0, 0.05) is 26.2 Å². The van der Waals surface area contributed by atoms with Crippen LogP contribution in [0.5, 0.6) is 0 Å². The number of amides is 1. The Balaban J connectivity index is 1.72. The molecule has 2 aromatic rings. The maximum absolute atomic E-state index is 13.4. The molecule has 0 bridgehead atoms. The Hall–Kier alpha value is -1.84. The summed E-state index contributed by atoms with van der Waals surface area (Å²) < 4.78 is 40.2. The highest BCUT2D eigenvalue weighted by Crippen LogP contribution is 2.23. The summed E-state index contributed by atoms with van der Waals surface area (Å²) in [6.07, 6.45) is 0. The van der Waals surface area contributed by atoms with Crippen LogP contribution in [-0.4, -0.2) is 54.7 Å². The fraction of sp³-hybridized carbons (Fsp3) is 0.412. The zero-order valence-electron chi connectivity index (χ0n) is 14.8. The molecule has 140 valence electrons. The molecule has 0 aliphatic carbocycles. The van der Waals surface area contributed by atoms with Crippen molar-refractivity contribution < 1.29 is 17.6 Å². The SMILES string of the molecule is Cc1nc(C)c(C(=O)N2CCN(S(=O)(=O)c3ccc(F)c(C)c3)CC2)s1. The van der Waals surface area contributed by atoms with Crippen LogP contribution in [-0.2, 0) is 10.0 Å². The third kappa shape index (κ3) is 3.51. The topological polar surface area (TPSA) is 70.6 Å². The van der Waals surface area contributed by atoms with Crippen molar-refractivity contribution in [3.8, 4) is 0 Å². The van der Waals surface area contributed by atoms with Crippen molar-refractivity contribution in [1.29, 1.82) is 0 Å². The Morgan fingerprint density at radius 2 is 1.81 bits per heavy atom. The molecule has 1 aliphatic heterocycles. The minimum Gasteiger partial charge on any atom is -0.335 e. The average Bonchev–Trinajstić information content (AvgIpc) is 2.95. The predicted octanol–water partition coefficient (Wildman–Crippen LogP) is 2.35. The van der Waals surface area contributed by atoms with Gasteiger partial charge in [-0.2, -0.15) is 4.31 Å². The van der Waals surface area contributed by atoms with Crippen LogP contribution in [0.15, 0.2) is 23.1 Å². The molecule has 3 rings (SSSR count). The van der Waals surface area contributed by atoms with Gasteiger partial charge in [-0.05, 0) is 44.5 Å². The number of piperazine rings is 1. The van der Waals surface area contributed by atoms with Gasteiger partial charge < -0.3 is 4.90 Å². The molecule has 0 saturated carbocycles. The number of sulfonamides is 1. The molecule has 0 N–H and O–H groups in total. The number of aryl methyl sites for hydroxylation is 3. The Morgan fingerprint density at radius 3 is 2.35 bits per heavy atom. The first kappa shape index (κ1) is 18.9. The van der Waals surface area contributed by atoms with Crippen LogP contribution in [0, 0.1) is 26.6 Å². The van der Waals surface area contributed by atoms with Crippen molar-refractivity contribution in [2.75, 3.05) is 26.2 Å². The van der Waals surface area contributed by atoms with Gasteiger partial charge >= 0.3 is 0 Å². The van der Waals surface area contributed by atoms with E-state index in [0.717, 1.165) is 11.1 Å². The summed E-state index contributed by atoms with van der Waals surface area (Å²) in [5.41, 5.74) is 0.991. The molecule has 1 amide bonds. The number of carbonyl (C=O) groups is 1. The van der Waals surface area contributed by atoms with Crippen molar-refractivity contribution in [1.82, 2.24) is 14.2 Å². The summed E-state index contributed by atoms with van der Waals surface area (Å²) >= 11 is 1.35. The molecular weight excluding hydrogens is 377 g/mol. The van der Waals surface area contributed by atoms with Crippen LogP contribution in [0.2, 0.25) is 0 Å². The number of nitrogens with zero attached hydrogens (tertiary/aromatic N) is 3. The molecule has 0 atom stereocenters. The first-order valence-corrected chi connectivity index (χ1v) is 10.5. The van der Waals surface area contributed by atoms with E-state index in [1.165, 1.54) is 34.7 Å². The van der Waals surface area contributed by atoms with Crippen molar-refractivity contribution in [3.63, 3.8) is 0 Å². The zero-order chi connectivity index (χ0) is 19.1. The second kappa shape index (κ2) is 7.05. The summed E-state index contributed by atoms with van der Waals surface area (Å²) in [5.74, 6) is -0.544. The minimum absolute atomic E-state index is 0.0742. The monoisotopic (exact) mass is 397 g/mol. The average molecular weight is 397 g/mol. The first-order valence-electron chi connectivity index (χ1n) is 8.20. The maximum Gasteiger partial charge on any atom is 0.265 e. The molecule has 1 aromatic carbocycles. The van der Waals surface area contributed by atoms with E-state index in [2.05, 4.69) is 4.98 Å². The van der Waals surface area contributed by atoms with E-state index in [-0.39, 0.29) is 29.5 Å². The van der Waals surface area contributed by atoms with Crippen LogP contribution in [0.4, 0.5) is 4.39 Å². The first-order chi connectivity index (χ1) is 12.2. The summed E-state index contributed by atoms with van der Waals surface area (Å²) in [6.45, 7) is 6.23. The fourth-order valence-electron chi connectivity index (χ4n) is 2.93. The van der Waals surface area contributed by atoms with Gasteiger partial charge in [-0.3, -0.25) is 4.79 Å². The molecule has 1 aliphatic rings. The second-order valence-electron chi connectivity index (χ2n) is 6.25. The molecule has 0 radical (unpaired) electrons. The molecule has 1 fully saturated rings. The lowest BCUT2D eigenvalue weighted by atomic mass is 10.2. The lowest BCUT2D eigenvalue weighted by Gasteiger charge is -2.33. The number of hydrogen-bond acceptors (Lipinski definition) is 5. The Kier molecular flexibility index (Phi) is 5.14. The van der Waals surface area contributed by atoms with E-state index >= 15 is 0 Å². The number of thiazole rings is 1. The van der Waals surface area contributed by atoms with Crippen LogP contribution in [0.25, 0.3) is 0 Å². The summed E-state index contributed by atoms with van der Waals surface area (Å²) in [5, 5.41) is 0.832.